The van der Waals surface area contributed by atoms with Gasteiger partial charge in [-0.3, -0.25) is 9.69 Å². The summed E-state index contributed by atoms with van der Waals surface area (Å²) in [7, 11) is 0. The van der Waals surface area contributed by atoms with Crippen LogP contribution < -0.4 is 0 Å². The molecule has 0 spiro atoms. The quantitative estimate of drug-likeness (QED) is 0.870. The van der Waals surface area contributed by atoms with Crippen LogP contribution in [-0.2, 0) is 17.8 Å². The van der Waals surface area contributed by atoms with E-state index in [1.54, 1.807) is 0 Å². The van der Waals surface area contributed by atoms with Gasteiger partial charge in [0.15, 0.2) is 5.82 Å². The highest BCUT2D eigenvalue weighted by atomic mass is 16.5. The van der Waals surface area contributed by atoms with Gasteiger partial charge in [0.2, 0.25) is 11.8 Å². The molecular formula is C16H26N4O3. The Hall–Kier alpha value is -1.47. The summed E-state index contributed by atoms with van der Waals surface area (Å²) < 4.78 is 5.12. The van der Waals surface area contributed by atoms with Crippen LogP contribution in [0.1, 0.15) is 50.7 Å². The smallest absolute Gasteiger partial charge is 0.226 e. The first kappa shape index (κ1) is 16.4. The number of aliphatic hydroxyl groups is 1. The Morgan fingerprint density at radius 2 is 1.96 bits per heavy atom. The minimum absolute atomic E-state index is 0.0851. The average molecular weight is 322 g/mol. The fourth-order valence-electron chi connectivity index (χ4n) is 3.46. The highest BCUT2D eigenvalue weighted by Crippen LogP contribution is 2.32. The van der Waals surface area contributed by atoms with Crippen LogP contribution in [0.4, 0.5) is 0 Å². The third-order valence-corrected chi connectivity index (χ3v) is 4.92. The van der Waals surface area contributed by atoms with Crippen LogP contribution in [-0.4, -0.2) is 62.7 Å². The molecule has 1 amide bonds. The largest absolute Gasteiger partial charge is 0.389 e. The zero-order valence-electron chi connectivity index (χ0n) is 13.8. The fourth-order valence-corrected chi connectivity index (χ4v) is 3.46. The molecule has 1 aromatic rings. The van der Waals surface area contributed by atoms with Crippen LogP contribution in [0.25, 0.3) is 0 Å². The van der Waals surface area contributed by atoms with Crippen LogP contribution in [0.3, 0.4) is 0 Å². The number of hydrogen-bond acceptors (Lipinski definition) is 6. The summed E-state index contributed by atoms with van der Waals surface area (Å²) in [5.74, 6) is 1.46. The molecule has 1 N–H and O–H groups in total. The van der Waals surface area contributed by atoms with E-state index in [1.165, 1.54) is 0 Å². The molecule has 2 heterocycles. The first-order valence-corrected chi connectivity index (χ1v) is 8.62. The standard InChI is InChI=1S/C16H26N4O3/c1-2-14-17-13(18-23-14)12-19-7-9-20(10-8-19)15(21)11-16(22)5-3-4-6-16/h22H,2-12H2,1H3. The number of aryl methyl sites for hydroxylation is 1. The molecule has 0 unspecified atom stereocenters. The van der Waals surface area contributed by atoms with Crippen molar-refractivity contribution < 1.29 is 14.4 Å². The molecule has 1 saturated carbocycles. The van der Waals surface area contributed by atoms with Crippen molar-refractivity contribution in [1.82, 2.24) is 19.9 Å². The SMILES string of the molecule is CCc1nc(CN2CCN(C(=O)CC3(O)CCCC3)CC2)no1. The van der Waals surface area contributed by atoms with Gasteiger partial charge in [-0.05, 0) is 12.8 Å². The predicted octanol–water partition coefficient (Wildman–Crippen LogP) is 0.971. The summed E-state index contributed by atoms with van der Waals surface area (Å²) >= 11 is 0. The second kappa shape index (κ2) is 6.97. The molecule has 2 fully saturated rings. The van der Waals surface area contributed by atoms with Crippen LogP contribution in [0.2, 0.25) is 0 Å². The lowest BCUT2D eigenvalue weighted by molar-refractivity contribution is -0.138. The molecule has 1 aromatic heterocycles. The summed E-state index contributed by atoms with van der Waals surface area (Å²) in [5.41, 5.74) is -0.755. The molecule has 1 aliphatic heterocycles. The molecule has 3 rings (SSSR count). The van der Waals surface area contributed by atoms with Crippen molar-refractivity contribution >= 4 is 5.91 Å². The third-order valence-electron chi connectivity index (χ3n) is 4.92. The Kier molecular flexibility index (Phi) is 4.96. The van der Waals surface area contributed by atoms with E-state index in [4.69, 9.17) is 4.52 Å². The second-order valence-electron chi connectivity index (χ2n) is 6.72. The van der Waals surface area contributed by atoms with Gasteiger partial charge in [0.1, 0.15) is 0 Å². The van der Waals surface area contributed by atoms with Gasteiger partial charge in [-0.25, -0.2) is 0 Å². The van der Waals surface area contributed by atoms with Crippen molar-refractivity contribution in [2.75, 3.05) is 26.2 Å². The van der Waals surface area contributed by atoms with E-state index in [-0.39, 0.29) is 12.3 Å². The molecule has 0 bridgehead atoms. The van der Waals surface area contributed by atoms with Gasteiger partial charge in [0.05, 0.1) is 18.6 Å². The maximum atomic E-state index is 12.4. The van der Waals surface area contributed by atoms with E-state index >= 15 is 0 Å². The molecule has 0 radical (unpaired) electrons. The van der Waals surface area contributed by atoms with Gasteiger partial charge in [0, 0.05) is 32.6 Å². The van der Waals surface area contributed by atoms with Crippen LogP contribution in [0.15, 0.2) is 4.52 Å². The summed E-state index contributed by atoms with van der Waals surface area (Å²) in [6.45, 7) is 5.66. The number of aromatic nitrogens is 2. The number of carbonyl (C=O) groups is 1. The Bertz CT molecular complexity index is 531. The van der Waals surface area contributed by atoms with E-state index in [9.17, 15) is 9.90 Å². The van der Waals surface area contributed by atoms with Crippen molar-refractivity contribution in [2.24, 2.45) is 0 Å². The third kappa shape index (κ3) is 4.09. The van der Waals surface area contributed by atoms with Gasteiger partial charge in [0.25, 0.3) is 0 Å². The molecule has 1 aliphatic carbocycles. The molecule has 1 saturated heterocycles. The Balaban J connectivity index is 1.45. The van der Waals surface area contributed by atoms with Crippen molar-refractivity contribution in [3.63, 3.8) is 0 Å². The summed E-state index contributed by atoms with van der Waals surface area (Å²) in [4.78, 5) is 20.8. The second-order valence-corrected chi connectivity index (χ2v) is 6.72. The lowest BCUT2D eigenvalue weighted by Crippen LogP contribution is -2.49. The lowest BCUT2D eigenvalue weighted by Gasteiger charge is -2.35. The Labute approximate surface area is 136 Å². The molecule has 7 nitrogen and oxygen atoms in total. The van der Waals surface area contributed by atoms with Gasteiger partial charge in [-0.1, -0.05) is 24.9 Å². The number of nitrogens with zero attached hydrogens (tertiary/aromatic N) is 4. The van der Waals surface area contributed by atoms with Crippen LogP contribution >= 0.6 is 0 Å². The molecule has 7 heteroatoms. The highest BCUT2D eigenvalue weighted by Gasteiger charge is 2.35. The first-order chi connectivity index (χ1) is 11.1. The Morgan fingerprint density at radius 1 is 1.26 bits per heavy atom. The highest BCUT2D eigenvalue weighted by molar-refractivity contribution is 5.77. The average Bonchev–Trinajstić information content (AvgIpc) is 3.17. The topological polar surface area (TPSA) is 82.7 Å². The molecular weight excluding hydrogens is 296 g/mol. The normalized spacial score (nSPS) is 21.7. The molecule has 2 aliphatic rings. The van der Waals surface area contributed by atoms with Gasteiger partial charge >= 0.3 is 0 Å². The van der Waals surface area contributed by atoms with Gasteiger partial charge in [-0.2, -0.15) is 4.98 Å². The maximum absolute atomic E-state index is 12.4. The number of carbonyl (C=O) groups excluding carboxylic acids is 1. The predicted molar refractivity (Wildman–Crippen MR) is 83.6 cm³/mol. The molecule has 0 atom stereocenters. The maximum Gasteiger partial charge on any atom is 0.226 e. The zero-order valence-corrected chi connectivity index (χ0v) is 13.8. The zero-order chi connectivity index (χ0) is 16.3. The van der Waals surface area contributed by atoms with Crippen molar-refractivity contribution in [1.29, 1.82) is 0 Å². The lowest BCUT2D eigenvalue weighted by atomic mass is 9.97. The summed E-state index contributed by atoms with van der Waals surface area (Å²) in [5, 5.41) is 14.4. The molecule has 128 valence electrons. The van der Waals surface area contributed by atoms with E-state index in [0.29, 0.717) is 31.3 Å². The number of hydrogen-bond donors (Lipinski definition) is 1. The van der Waals surface area contributed by atoms with Crippen molar-refractivity contribution in [3.05, 3.63) is 11.7 Å². The molecule has 0 aromatic carbocycles. The monoisotopic (exact) mass is 322 g/mol. The van der Waals surface area contributed by atoms with Gasteiger partial charge in [-0.15, -0.1) is 0 Å². The minimum Gasteiger partial charge on any atom is -0.389 e. The minimum atomic E-state index is -0.755. The number of rotatable bonds is 5. The van der Waals surface area contributed by atoms with Crippen molar-refractivity contribution in [3.8, 4) is 0 Å². The van der Waals surface area contributed by atoms with E-state index in [1.807, 2.05) is 11.8 Å². The summed E-state index contributed by atoms with van der Waals surface area (Å²) in [6, 6.07) is 0. The first-order valence-electron chi connectivity index (χ1n) is 8.62. The van der Waals surface area contributed by atoms with Crippen LogP contribution in [0.5, 0.6) is 0 Å². The van der Waals surface area contributed by atoms with Gasteiger partial charge < -0.3 is 14.5 Å². The van der Waals surface area contributed by atoms with Crippen LogP contribution in [0, 0.1) is 0 Å². The number of piperazine rings is 1. The van der Waals surface area contributed by atoms with E-state index in [0.717, 1.165) is 45.2 Å². The molecule has 23 heavy (non-hydrogen) atoms. The summed E-state index contributed by atoms with van der Waals surface area (Å²) in [6.07, 6.45) is 4.60. The Morgan fingerprint density at radius 3 is 2.57 bits per heavy atom. The van der Waals surface area contributed by atoms with E-state index < -0.39 is 5.60 Å². The fraction of sp³-hybridized carbons (Fsp3) is 0.812. The van der Waals surface area contributed by atoms with Crippen molar-refractivity contribution in [2.45, 2.75) is 57.6 Å². The van der Waals surface area contributed by atoms with E-state index in [2.05, 4.69) is 15.0 Å². The number of amides is 1.